The van der Waals surface area contributed by atoms with E-state index in [2.05, 4.69) is 11.4 Å². The van der Waals surface area contributed by atoms with Crippen molar-refractivity contribution in [3.63, 3.8) is 0 Å². The van der Waals surface area contributed by atoms with Gasteiger partial charge in [-0.15, -0.1) is 0 Å². The van der Waals surface area contributed by atoms with Crippen LogP contribution in [-0.4, -0.2) is 5.91 Å². The van der Waals surface area contributed by atoms with Gasteiger partial charge in [0.1, 0.15) is 5.58 Å². The molecular weight excluding hydrogens is 298 g/mol. The van der Waals surface area contributed by atoms with Gasteiger partial charge in [-0.25, -0.2) is 0 Å². The molecule has 4 rings (SSSR count). The van der Waals surface area contributed by atoms with Crippen LogP contribution in [0.2, 0.25) is 0 Å². The van der Waals surface area contributed by atoms with E-state index in [1.165, 1.54) is 0 Å². The first-order valence-corrected chi connectivity index (χ1v) is 7.96. The van der Waals surface area contributed by atoms with Gasteiger partial charge in [-0.1, -0.05) is 54.6 Å². The third-order valence-corrected chi connectivity index (χ3v) is 4.35. The average Bonchev–Trinajstić information content (AvgIpc) is 3.05. The van der Waals surface area contributed by atoms with Gasteiger partial charge in [0.25, 0.3) is 5.91 Å². The molecule has 1 aromatic heterocycles. The highest BCUT2D eigenvalue weighted by Gasteiger charge is 2.13. The second-order valence-corrected chi connectivity index (χ2v) is 5.92. The van der Waals surface area contributed by atoms with E-state index in [9.17, 15) is 4.79 Å². The molecule has 0 atom stereocenters. The molecule has 0 saturated heterocycles. The number of rotatable bonds is 3. The summed E-state index contributed by atoms with van der Waals surface area (Å²) in [5.74, 6) is 0.147. The average molecular weight is 315 g/mol. The Bertz CT molecular complexity index is 1050. The summed E-state index contributed by atoms with van der Waals surface area (Å²) in [5, 5.41) is 6.13. The minimum absolute atomic E-state index is 0.196. The van der Waals surface area contributed by atoms with Crippen molar-refractivity contribution < 1.29 is 9.21 Å². The summed E-state index contributed by atoms with van der Waals surface area (Å²) in [6, 6.07) is 21.9. The number of benzene rings is 3. The zero-order valence-corrected chi connectivity index (χ0v) is 13.4. The lowest BCUT2D eigenvalue weighted by molar-refractivity contribution is 0.0925. The number of hydrogen-bond donors (Lipinski definition) is 1. The quantitative estimate of drug-likeness (QED) is 0.588. The van der Waals surface area contributed by atoms with Crippen molar-refractivity contribution in [3.05, 3.63) is 83.6 Å². The maximum Gasteiger partial charge on any atom is 0.287 e. The monoisotopic (exact) mass is 315 g/mol. The number of furan rings is 1. The second kappa shape index (κ2) is 5.85. The smallest absolute Gasteiger partial charge is 0.287 e. The molecule has 0 aliphatic heterocycles. The summed E-state index contributed by atoms with van der Waals surface area (Å²) >= 11 is 0. The predicted molar refractivity (Wildman–Crippen MR) is 96.1 cm³/mol. The van der Waals surface area contributed by atoms with Crippen LogP contribution in [0.15, 0.2) is 71.1 Å². The number of nitrogens with one attached hydrogen (secondary N) is 1. The first-order valence-electron chi connectivity index (χ1n) is 7.96. The van der Waals surface area contributed by atoms with Gasteiger partial charge in [-0.2, -0.15) is 0 Å². The summed E-state index contributed by atoms with van der Waals surface area (Å²) in [4.78, 5) is 12.4. The number of hydrogen-bond acceptors (Lipinski definition) is 2. The Kier molecular flexibility index (Phi) is 3.54. The van der Waals surface area contributed by atoms with Crippen LogP contribution in [0.3, 0.4) is 0 Å². The topological polar surface area (TPSA) is 42.2 Å². The Balaban J connectivity index is 1.63. The number of fused-ring (bicyclic) bond motifs is 3. The first-order chi connectivity index (χ1) is 11.7. The standard InChI is InChI=1S/C21H17NO2/c1-14-6-2-3-8-16(14)13-22-21(23)20-12-18-17-9-5-4-7-15(17)10-11-19(18)24-20/h2-12H,13H2,1H3,(H,22,23). The van der Waals surface area contributed by atoms with E-state index in [0.29, 0.717) is 12.3 Å². The van der Waals surface area contributed by atoms with Crippen molar-refractivity contribution in [3.8, 4) is 0 Å². The molecule has 118 valence electrons. The molecule has 0 aliphatic rings. The van der Waals surface area contributed by atoms with Crippen molar-refractivity contribution in [1.29, 1.82) is 0 Å². The molecule has 0 aliphatic carbocycles. The van der Waals surface area contributed by atoms with Crippen LogP contribution in [-0.2, 0) is 6.54 Å². The van der Waals surface area contributed by atoms with Crippen LogP contribution in [0.25, 0.3) is 21.7 Å². The van der Waals surface area contributed by atoms with Crippen molar-refractivity contribution >= 4 is 27.6 Å². The van der Waals surface area contributed by atoms with Crippen molar-refractivity contribution in [2.75, 3.05) is 0 Å². The van der Waals surface area contributed by atoms with Gasteiger partial charge in [-0.3, -0.25) is 4.79 Å². The van der Waals surface area contributed by atoms with Crippen molar-refractivity contribution in [1.82, 2.24) is 5.32 Å². The van der Waals surface area contributed by atoms with Crippen molar-refractivity contribution in [2.45, 2.75) is 13.5 Å². The third-order valence-electron chi connectivity index (χ3n) is 4.35. The van der Waals surface area contributed by atoms with Gasteiger partial charge in [0, 0.05) is 11.9 Å². The van der Waals surface area contributed by atoms with Gasteiger partial charge in [0.15, 0.2) is 5.76 Å². The molecule has 0 bridgehead atoms. The third kappa shape index (κ3) is 2.54. The molecule has 24 heavy (non-hydrogen) atoms. The Morgan fingerprint density at radius 1 is 0.958 bits per heavy atom. The fraction of sp³-hybridized carbons (Fsp3) is 0.0952. The lowest BCUT2D eigenvalue weighted by Crippen LogP contribution is -2.22. The molecule has 0 fully saturated rings. The molecule has 0 saturated carbocycles. The molecule has 1 amide bonds. The zero-order valence-electron chi connectivity index (χ0n) is 13.4. The largest absolute Gasteiger partial charge is 0.451 e. The summed E-state index contributed by atoms with van der Waals surface area (Å²) < 4.78 is 5.74. The molecule has 0 unspecified atom stereocenters. The van der Waals surface area contributed by atoms with E-state index >= 15 is 0 Å². The molecule has 0 spiro atoms. The lowest BCUT2D eigenvalue weighted by atomic mass is 10.1. The van der Waals surface area contributed by atoms with Gasteiger partial charge in [0.05, 0.1) is 0 Å². The number of carbonyl (C=O) groups excluding carboxylic acids is 1. The predicted octanol–water partition coefficient (Wildman–Crippen LogP) is 4.82. The Labute approximate surface area is 139 Å². The highest BCUT2D eigenvalue weighted by molar-refractivity contribution is 6.08. The molecule has 1 heterocycles. The van der Waals surface area contributed by atoms with Crippen LogP contribution >= 0.6 is 0 Å². The first kappa shape index (κ1) is 14.5. The fourth-order valence-corrected chi connectivity index (χ4v) is 2.98. The second-order valence-electron chi connectivity index (χ2n) is 5.92. The van der Waals surface area contributed by atoms with Gasteiger partial charge < -0.3 is 9.73 Å². The van der Waals surface area contributed by atoms with Crippen LogP contribution in [0.1, 0.15) is 21.7 Å². The molecule has 3 aromatic carbocycles. The zero-order chi connectivity index (χ0) is 16.5. The fourth-order valence-electron chi connectivity index (χ4n) is 2.98. The van der Waals surface area contributed by atoms with Crippen LogP contribution < -0.4 is 5.32 Å². The number of carbonyl (C=O) groups is 1. The minimum atomic E-state index is -0.196. The van der Waals surface area contributed by atoms with E-state index in [1.54, 1.807) is 0 Å². The minimum Gasteiger partial charge on any atom is -0.451 e. The molecular formula is C21H17NO2. The maximum absolute atomic E-state index is 12.4. The van der Waals surface area contributed by atoms with E-state index in [0.717, 1.165) is 32.9 Å². The number of aryl methyl sites for hydroxylation is 1. The van der Waals surface area contributed by atoms with Crippen LogP contribution in [0.4, 0.5) is 0 Å². The normalized spacial score (nSPS) is 11.0. The number of amides is 1. The molecule has 3 heteroatoms. The Morgan fingerprint density at radius 2 is 1.75 bits per heavy atom. The molecule has 1 N–H and O–H groups in total. The molecule has 4 aromatic rings. The van der Waals surface area contributed by atoms with Gasteiger partial charge in [0.2, 0.25) is 0 Å². The Morgan fingerprint density at radius 3 is 2.62 bits per heavy atom. The highest BCUT2D eigenvalue weighted by Crippen LogP contribution is 2.28. The maximum atomic E-state index is 12.4. The summed E-state index contributed by atoms with van der Waals surface area (Å²) in [5.41, 5.74) is 3.00. The lowest BCUT2D eigenvalue weighted by Gasteiger charge is -2.06. The van der Waals surface area contributed by atoms with Crippen LogP contribution in [0.5, 0.6) is 0 Å². The summed E-state index contributed by atoms with van der Waals surface area (Å²) in [6.07, 6.45) is 0. The van der Waals surface area contributed by atoms with Crippen LogP contribution in [0, 0.1) is 6.92 Å². The summed E-state index contributed by atoms with van der Waals surface area (Å²) in [6.45, 7) is 2.53. The Hall–Kier alpha value is -3.07. The molecule has 3 nitrogen and oxygen atoms in total. The van der Waals surface area contributed by atoms with E-state index in [1.807, 2.05) is 67.6 Å². The SMILES string of the molecule is Cc1ccccc1CNC(=O)c1cc2c(ccc3ccccc32)o1. The highest BCUT2D eigenvalue weighted by atomic mass is 16.3. The van der Waals surface area contributed by atoms with E-state index < -0.39 is 0 Å². The van der Waals surface area contributed by atoms with E-state index in [4.69, 9.17) is 4.42 Å². The van der Waals surface area contributed by atoms with E-state index in [-0.39, 0.29) is 5.91 Å². The molecule has 0 radical (unpaired) electrons. The van der Waals surface area contributed by atoms with Gasteiger partial charge in [-0.05, 0) is 41.0 Å². The van der Waals surface area contributed by atoms with Gasteiger partial charge >= 0.3 is 0 Å². The van der Waals surface area contributed by atoms with Crippen molar-refractivity contribution in [2.24, 2.45) is 0 Å². The summed E-state index contributed by atoms with van der Waals surface area (Å²) in [7, 11) is 0.